The number of anilines is 1. The second kappa shape index (κ2) is 8.36. The first-order chi connectivity index (χ1) is 11.9. The molecule has 1 aliphatic rings. The summed E-state index contributed by atoms with van der Waals surface area (Å²) in [5.41, 5.74) is 0.740. The highest BCUT2D eigenvalue weighted by molar-refractivity contribution is 5.94. The second-order valence-corrected chi connectivity index (χ2v) is 5.89. The molecule has 0 saturated heterocycles. The Hall–Kier alpha value is -2.77. The van der Waals surface area contributed by atoms with Crippen molar-refractivity contribution >= 4 is 23.7 Å². The quantitative estimate of drug-likeness (QED) is 0.702. The van der Waals surface area contributed by atoms with Crippen LogP contribution in [0.15, 0.2) is 18.2 Å². The van der Waals surface area contributed by atoms with Crippen LogP contribution < -0.4 is 15.4 Å². The zero-order valence-corrected chi connectivity index (χ0v) is 14.2. The summed E-state index contributed by atoms with van der Waals surface area (Å²) in [5.74, 6) is -1.26. The lowest BCUT2D eigenvalue weighted by Crippen LogP contribution is -2.41. The van der Waals surface area contributed by atoms with E-state index in [1.807, 2.05) is 0 Å². The number of methoxy groups -OCH3 is 2. The summed E-state index contributed by atoms with van der Waals surface area (Å²) in [4.78, 5) is 34.6. The monoisotopic (exact) mass is 350 g/mol. The number of carboxylic acid groups (broad SMARTS) is 1. The summed E-state index contributed by atoms with van der Waals surface area (Å²) >= 11 is 0. The smallest absolute Gasteiger partial charge is 0.337 e. The van der Waals surface area contributed by atoms with E-state index < -0.39 is 18.0 Å². The third kappa shape index (κ3) is 4.85. The number of amides is 2. The van der Waals surface area contributed by atoms with Gasteiger partial charge in [0, 0.05) is 6.04 Å². The average molecular weight is 350 g/mol. The summed E-state index contributed by atoms with van der Waals surface area (Å²) in [6.07, 6.45) is 2.36. The maximum atomic E-state index is 12.2. The number of carbonyl (C=O) groups excluding carboxylic acids is 2. The van der Waals surface area contributed by atoms with Crippen molar-refractivity contribution in [2.24, 2.45) is 5.92 Å². The summed E-state index contributed by atoms with van der Waals surface area (Å²) in [7, 11) is 2.72. The molecule has 8 nitrogen and oxygen atoms in total. The van der Waals surface area contributed by atoms with Gasteiger partial charge in [-0.15, -0.1) is 0 Å². The molecular weight excluding hydrogens is 328 g/mol. The van der Waals surface area contributed by atoms with Gasteiger partial charge in [0.2, 0.25) is 0 Å². The fourth-order valence-corrected chi connectivity index (χ4v) is 2.87. The summed E-state index contributed by atoms with van der Waals surface area (Å²) in [5, 5.41) is 14.5. The van der Waals surface area contributed by atoms with Gasteiger partial charge in [0.25, 0.3) is 0 Å². The van der Waals surface area contributed by atoms with Gasteiger partial charge in [-0.3, -0.25) is 4.79 Å². The van der Waals surface area contributed by atoms with Crippen molar-refractivity contribution in [1.82, 2.24) is 5.32 Å². The lowest BCUT2D eigenvalue weighted by molar-refractivity contribution is -0.142. The molecule has 0 radical (unpaired) electrons. The van der Waals surface area contributed by atoms with E-state index >= 15 is 0 Å². The molecule has 8 heteroatoms. The predicted molar refractivity (Wildman–Crippen MR) is 89.9 cm³/mol. The number of aliphatic carboxylic acids is 1. The number of urea groups is 1. The van der Waals surface area contributed by atoms with Gasteiger partial charge in [-0.25, -0.2) is 9.59 Å². The SMILES string of the molecule is COC(=O)c1ccc(NC(=O)NC2CCC(C(=O)O)CC2)c(OC)c1. The van der Waals surface area contributed by atoms with Crippen molar-refractivity contribution in [3.05, 3.63) is 23.8 Å². The van der Waals surface area contributed by atoms with Crippen molar-refractivity contribution in [2.45, 2.75) is 31.7 Å². The van der Waals surface area contributed by atoms with Gasteiger partial charge >= 0.3 is 18.0 Å². The molecule has 2 rings (SSSR count). The number of benzene rings is 1. The van der Waals surface area contributed by atoms with Gasteiger partial charge in [-0.05, 0) is 43.9 Å². The second-order valence-electron chi connectivity index (χ2n) is 5.89. The zero-order valence-electron chi connectivity index (χ0n) is 14.2. The maximum absolute atomic E-state index is 12.2. The molecule has 0 heterocycles. The van der Waals surface area contributed by atoms with Gasteiger partial charge in [-0.1, -0.05) is 0 Å². The first-order valence-corrected chi connectivity index (χ1v) is 8.01. The molecule has 0 unspecified atom stereocenters. The van der Waals surface area contributed by atoms with Crippen LogP contribution in [0.1, 0.15) is 36.0 Å². The first-order valence-electron chi connectivity index (χ1n) is 8.01. The Morgan fingerprint density at radius 2 is 1.80 bits per heavy atom. The highest BCUT2D eigenvalue weighted by atomic mass is 16.5. The van der Waals surface area contributed by atoms with Crippen LogP contribution in [0.2, 0.25) is 0 Å². The minimum atomic E-state index is -0.779. The van der Waals surface area contributed by atoms with E-state index in [2.05, 4.69) is 15.4 Å². The molecule has 0 bridgehead atoms. The van der Waals surface area contributed by atoms with Crippen LogP contribution in [0.3, 0.4) is 0 Å². The number of esters is 1. The number of hydrogen-bond donors (Lipinski definition) is 3. The van der Waals surface area contributed by atoms with Crippen LogP contribution in [0.5, 0.6) is 5.75 Å². The third-order valence-corrected chi connectivity index (χ3v) is 4.28. The molecule has 25 heavy (non-hydrogen) atoms. The lowest BCUT2D eigenvalue weighted by Gasteiger charge is -2.27. The van der Waals surface area contributed by atoms with Crippen LogP contribution in [0, 0.1) is 5.92 Å². The van der Waals surface area contributed by atoms with E-state index in [0.29, 0.717) is 42.7 Å². The van der Waals surface area contributed by atoms with Crippen LogP contribution in [-0.4, -0.2) is 43.3 Å². The fourth-order valence-electron chi connectivity index (χ4n) is 2.87. The molecule has 0 aliphatic heterocycles. The molecule has 0 aromatic heterocycles. The van der Waals surface area contributed by atoms with Gasteiger partial charge in [-0.2, -0.15) is 0 Å². The van der Waals surface area contributed by atoms with Crippen LogP contribution in [0.4, 0.5) is 10.5 Å². The minimum absolute atomic E-state index is 0.0593. The fraction of sp³-hybridized carbons (Fsp3) is 0.471. The zero-order chi connectivity index (χ0) is 18.4. The Balaban J connectivity index is 1.94. The minimum Gasteiger partial charge on any atom is -0.495 e. The summed E-state index contributed by atoms with van der Waals surface area (Å²) in [6.45, 7) is 0. The molecule has 136 valence electrons. The molecular formula is C17H22N2O6. The van der Waals surface area contributed by atoms with E-state index in [9.17, 15) is 14.4 Å². The average Bonchev–Trinajstić information content (AvgIpc) is 2.61. The van der Waals surface area contributed by atoms with E-state index in [1.54, 1.807) is 6.07 Å². The molecule has 1 aromatic rings. The van der Waals surface area contributed by atoms with Crippen LogP contribution in [-0.2, 0) is 9.53 Å². The number of ether oxygens (including phenoxy) is 2. The first kappa shape index (κ1) is 18.6. The van der Waals surface area contributed by atoms with E-state index in [0.717, 1.165) is 0 Å². The van der Waals surface area contributed by atoms with E-state index in [1.165, 1.54) is 26.4 Å². The van der Waals surface area contributed by atoms with Crippen molar-refractivity contribution in [3.63, 3.8) is 0 Å². The number of carbonyl (C=O) groups is 3. The summed E-state index contributed by atoms with van der Waals surface area (Å²) < 4.78 is 9.84. The van der Waals surface area contributed by atoms with Crippen LogP contribution in [0.25, 0.3) is 0 Å². The molecule has 2 amide bonds. The molecule has 0 spiro atoms. The summed E-state index contributed by atoms with van der Waals surface area (Å²) in [6, 6.07) is 4.12. The standard InChI is InChI=1S/C17H22N2O6/c1-24-14-9-11(16(22)25-2)5-8-13(14)19-17(23)18-12-6-3-10(4-7-12)15(20)21/h5,8-10,12H,3-4,6-7H2,1-2H3,(H,20,21)(H2,18,19,23). The topological polar surface area (TPSA) is 114 Å². The molecule has 0 atom stereocenters. The lowest BCUT2D eigenvalue weighted by atomic mass is 9.86. The van der Waals surface area contributed by atoms with Gasteiger partial charge < -0.3 is 25.2 Å². The maximum Gasteiger partial charge on any atom is 0.337 e. The largest absolute Gasteiger partial charge is 0.495 e. The van der Waals surface area contributed by atoms with Crippen molar-refractivity contribution in [2.75, 3.05) is 19.5 Å². The Bertz CT molecular complexity index is 653. The van der Waals surface area contributed by atoms with Crippen molar-refractivity contribution in [1.29, 1.82) is 0 Å². The molecule has 1 aromatic carbocycles. The van der Waals surface area contributed by atoms with Crippen molar-refractivity contribution < 1.29 is 29.0 Å². The normalized spacial score (nSPS) is 19.6. The number of nitrogens with one attached hydrogen (secondary N) is 2. The Morgan fingerprint density at radius 1 is 1.12 bits per heavy atom. The highest BCUT2D eigenvalue weighted by Gasteiger charge is 2.26. The number of carboxylic acids is 1. The molecule has 1 aliphatic carbocycles. The van der Waals surface area contributed by atoms with E-state index in [-0.39, 0.29) is 12.0 Å². The molecule has 1 saturated carbocycles. The number of rotatable bonds is 5. The van der Waals surface area contributed by atoms with E-state index in [4.69, 9.17) is 9.84 Å². The van der Waals surface area contributed by atoms with Gasteiger partial charge in [0.15, 0.2) is 0 Å². The Kier molecular flexibility index (Phi) is 6.21. The van der Waals surface area contributed by atoms with Gasteiger partial charge in [0.1, 0.15) is 5.75 Å². The van der Waals surface area contributed by atoms with Crippen LogP contribution >= 0.6 is 0 Å². The van der Waals surface area contributed by atoms with Gasteiger partial charge in [0.05, 0.1) is 31.4 Å². The predicted octanol–water partition coefficient (Wildman–Crippen LogP) is 2.25. The van der Waals surface area contributed by atoms with Crippen molar-refractivity contribution in [3.8, 4) is 5.75 Å². The Labute approximate surface area is 145 Å². The molecule has 3 N–H and O–H groups in total. The number of hydrogen-bond acceptors (Lipinski definition) is 5. The highest BCUT2D eigenvalue weighted by Crippen LogP contribution is 2.27. The Morgan fingerprint density at radius 3 is 2.36 bits per heavy atom. The molecule has 1 fully saturated rings. The third-order valence-electron chi connectivity index (χ3n) is 4.28.